The lowest BCUT2D eigenvalue weighted by Crippen LogP contribution is -2.34. The van der Waals surface area contributed by atoms with Crippen LogP contribution in [0.25, 0.3) is 0 Å². The molecule has 1 saturated heterocycles. The minimum atomic E-state index is -0.578. The highest BCUT2D eigenvalue weighted by atomic mass is 16.6. The summed E-state index contributed by atoms with van der Waals surface area (Å²) in [5.41, 5.74) is 5.89. The Bertz CT molecular complexity index is 553. The van der Waals surface area contributed by atoms with Gasteiger partial charge in [0.2, 0.25) is 11.8 Å². The molecule has 0 radical (unpaired) electrons. The third kappa shape index (κ3) is 2.93. The number of likely N-dealkylation sites (tertiary alicyclic amines) is 1. The molecular formula is C13H15N3O4. The number of nitro groups is 1. The number of benzene rings is 1. The topological polar surface area (TPSA) is 107 Å². The van der Waals surface area contributed by atoms with Crippen LogP contribution < -0.4 is 5.73 Å². The van der Waals surface area contributed by atoms with Crippen molar-refractivity contribution in [3.8, 4) is 0 Å². The Morgan fingerprint density at radius 2 is 1.80 bits per heavy atom. The number of nitrogens with two attached hydrogens (primary N) is 1. The van der Waals surface area contributed by atoms with Gasteiger partial charge in [0.25, 0.3) is 5.69 Å². The van der Waals surface area contributed by atoms with E-state index >= 15 is 0 Å². The van der Waals surface area contributed by atoms with Crippen molar-refractivity contribution in [3.63, 3.8) is 0 Å². The summed E-state index contributed by atoms with van der Waals surface area (Å²) in [6.07, 6.45) is 2.07. The van der Waals surface area contributed by atoms with E-state index in [2.05, 4.69) is 0 Å². The van der Waals surface area contributed by atoms with Gasteiger partial charge >= 0.3 is 0 Å². The minimum absolute atomic E-state index is 0.0544. The van der Waals surface area contributed by atoms with Crippen LogP contribution in [0.3, 0.4) is 0 Å². The number of anilines is 1. The average molecular weight is 277 g/mol. The fraction of sp³-hybridized carbons (Fsp3) is 0.385. The summed E-state index contributed by atoms with van der Waals surface area (Å²) in [6, 6.07) is 4.31. The van der Waals surface area contributed by atoms with Crippen LogP contribution >= 0.6 is 0 Å². The standard InChI is InChI=1S/C13H15N3O4/c14-10-6-5-9(7-11(10)16(19)20)8-15-12(17)3-1-2-4-13(15)18/h5-7H,1-4,8,14H2. The van der Waals surface area contributed by atoms with Crippen molar-refractivity contribution in [2.75, 3.05) is 5.73 Å². The maximum atomic E-state index is 11.9. The number of amides is 2. The van der Waals surface area contributed by atoms with Gasteiger partial charge in [-0.2, -0.15) is 0 Å². The number of carbonyl (C=O) groups excluding carboxylic acids is 2. The first-order valence-electron chi connectivity index (χ1n) is 6.35. The lowest BCUT2D eigenvalue weighted by atomic mass is 10.1. The van der Waals surface area contributed by atoms with E-state index in [1.54, 1.807) is 6.07 Å². The first-order valence-corrected chi connectivity index (χ1v) is 6.35. The Balaban J connectivity index is 2.24. The molecule has 1 aliphatic rings. The van der Waals surface area contributed by atoms with Crippen molar-refractivity contribution < 1.29 is 14.5 Å². The summed E-state index contributed by atoms with van der Waals surface area (Å²) < 4.78 is 0. The highest BCUT2D eigenvalue weighted by molar-refractivity contribution is 5.95. The molecule has 0 aromatic heterocycles. The largest absolute Gasteiger partial charge is 0.393 e. The van der Waals surface area contributed by atoms with E-state index in [1.165, 1.54) is 17.0 Å². The quantitative estimate of drug-likeness (QED) is 0.391. The van der Waals surface area contributed by atoms with Gasteiger partial charge in [0.15, 0.2) is 0 Å². The average Bonchev–Trinajstić information content (AvgIpc) is 2.55. The zero-order chi connectivity index (χ0) is 14.7. The number of imide groups is 1. The van der Waals surface area contributed by atoms with Gasteiger partial charge in [-0.15, -0.1) is 0 Å². The van der Waals surface area contributed by atoms with Gasteiger partial charge in [0.05, 0.1) is 11.5 Å². The van der Waals surface area contributed by atoms with Crippen LogP contribution in [0, 0.1) is 10.1 Å². The summed E-state index contributed by atoms with van der Waals surface area (Å²) in [7, 11) is 0. The van der Waals surface area contributed by atoms with Crippen molar-refractivity contribution in [1.29, 1.82) is 0 Å². The maximum Gasteiger partial charge on any atom is 0.292 e. The van der Waals surface area contributed by atoms with Crippen LogP contribution in [-0.4, -0.2) is 21.6 Å². The van der Waals surface area contributed by atoms with Gasteiger partial charge in [-0.25, -0.2) is 0 Å². The zero-order valence-electron chi connectivity index (χ0n) is 10.9. The molecule has 2 amide bonds. The molecule has 0 atom stereocenters. The summed E-state index contributed by atoms with van der Waals surface area (Å²) in [5, 5.41) is 10.8. The summed E-state index contributed by atoms with van der Waals surface area (Å²) in [5.74, 6) is -0.459. The number of nitro benzene ring substituents is 1. The molecule has 0 saturated carbocycles. The molecule has 7 heteroatoms. The molecular weight excluding hydrogens is 262 g/mol. The van der Waals surface area contributed by atoms with Crippen molar-refractivity contribution in [2.24, 2.45) is 0 Å². The molecule has 1 fully saturated rings. The van der Waals surface area contributed by atoms with Crippen LogP contribution in [-0.2, 0) is 16.1 Å². The molecule has 106 valence electrons. The number of rotatable bonds is 3. The van der Waals surface area contributed by atoms with E-state index in [4.69, 9.17) is 5.73 Å². The van der Waals surface area contributed by atoms with E-state index in [0.717, 1.165) is 0 Å². The second kappa shape index (κ2) is 5.68. The summed E-state index contributed by atoms with van der Waals surface area (Å²) >= 11 is 0. The van der Waals surface area contributed by atoms with Crippen LogP contribution in [0.1, 0.15) is 31.2 Å². The van der Waals surface area contributed by atoms with Gasteiger partial charge in [0, 0.05) is 18.9 Å². The molecule has 20 heavy (non-hydrogen) atoms. The smallest absolute Gasteiger partial charge is 0.292 e. The van der Waals surface area contributed by atoms with E-state index in [0.29, 0.717) is 31.2 Å². The number of hydrogen-bond donors (Lipinski definition) is 1. The molecule has 0 unspecified atom stereocenters. The molecule has 7 nitrogen and oxygen atoms in total. The van der Waals surface area contributed by atoms with E-state index in [9.17, 15) is 19.7 Å². The van der Waals surface area contributed by atoms with Crippen molar-refractivity contribution in [1.82, 2.24) is 4.90 Å². The molecule has 1 heterocycles. The van der Waals surface area contributed by atoms with E-state index in [1.807, 2.05) is 0 Å². The second-order valence-electron chi connectivity index (χ2n) is 4.73. The fourth-order valence-corrected chi connectivity index (χ4v) is 2.17. The van der Waals surface area contributed by atoms with Crippen molar-refractivity contribution in [3.05, 3.63) is 33.9 Å². The van der Waals surface area contributed by atoms with Crippen LogP contribution in [0.4, 0.5) is 11.4 Å². The Hall–Kier alpha value is -2.44. The molecule has 0 spiro atoms. The zero-order valence-corrected chi connectivity index (χ0v) is 10.9. The number of hydrogen-bond acceptors (Lipinski definition) is 5. The Morgan fingerprint density at radius 1 is 1.20 bits per heavy atom. The molecule has 1 aromatic carbocycles. The van der Waals surface area contributed by atoms with E-state index < -0.39 is 4.92 Å². The third-order valence-electron chi connectivity index (χ3n) is 3.27. The lowest BCUT2D eigenvalue weighted by Gasteiger charge is -2.18. The van der Waals surface area contributed by atoms with Crippen molar-refractivity contribution in [2.45, 2.75) is 32.2 Å². The van der Waals surface area contributed by atoms with Gasteiger partial charge in [-0.05, 0) is 24.5 Å². The molecule has 1 aliphatic heterocycles. The SMILES string of the molecule is Nc1ccc(CN2C(=O)CCCCC2=O)cc1[N+](=O)[O-]. The van der Waals surface area contributed by atoms with Gasteiger partial charge < -0.3 is 5.73 Å². The Kier molecular flexibility index (Phi) is 3.97. The normalized spacial score (nSPS) is 16.1. The summed E-state index contributed by atoms with van der Waals surface area (Å²) in [6.45, 7) is 0.0544. The maximum absolute atomic E-state index is 11.9. The molecule has 0 aliphatic carbocycles. The molecule has 2 rings (SSSR count). The highest BCUT2D eigenvalue weighted by Crippen LogP contribution is 2.24. The fourth-order valence-electron chi connectivity index (χ4n) is 2.17. The van der Waals surface area contributed by atoms with Gasteiger partial charge in [-0.1, -0.05) is 6.07 Å². The van der Waals surface area contributed by atoms with E-state index in [-0.39, 0.29) is 29.7 Å². The van der Waals surface area contributed by atoms with Gasteiger partial charge in [-0.3, -0.25) is 24.6 Å². The number of nitrogens with zero attached hydrogens (tertiary/aromatic N) is 2. The predicted molar refractivity (Wildman–Crippen MR) is 71.5 cm³/mol. The Morgan fingerprint density at radius 3 is 2.35 bits per heavy atom. The second-order valence-corrected chi connectivity index (χ2v) is 4.73. The summed E-state index contributed by atoms with van der Waals surface area (Å²) in [4.78, 5) is 35.1. The number of carbonyl (C=O) groups is 2. The first-order chi connectivity index (χ1) is 9.49. The third-order valence-corrected chi connectivity index (χ3v) is 3.27. The molecule has 2 N–H and O–H groups in total. The first kappa shape index (κ1) is 14.0. The monoisotopic (exact) mass is 277 g/mol. The predicted octanol–water partition coefficient (Wildman–Crippen LogP) is 1.61. The molecule has 0 bridgehead atoms. The lowest BCUT2D eigenvalue weighted by molar-refractivity contribution is -0.384. The molecule has 1 aromatic rings. The number of nitrogen functional groups attached to an aromatic ring is 1. The highest BCUT2D eigenvalue weighted by Gasteiger charge is 2.24. The van der Waals surface area contributed by atoms with Crippen LogP contribution in [0.2, 0.25) is 0 Å². The van der Waals surface area contributed by atoms with Crippen LogP contribution in [0.15, 0.2) is 18.2 Å². The van der Waals surface area contributed by atoms with Crippen LogP contribution in [0.5, 0.6) is 0 Å². The van der Waals surface area contributed by atoms with Crippen molar-refractivity contribution >= 4 is 23.2 Å². The minimum Gasteiger partial charge on any atom is -0.393 e. The van der Waals surface area contributed by atoms with Gasteiger partial charge in [0.1, 0.15) is 5.69 Å². The Labute approximate surface area is 115 Å².